The Morgan fingerprint density at radius 1 is 1.45 bits per heavy atom. The minimum absolute atomic E-state index is 0.0397. The summed E-state index contributed by atoms with van der Waals surface area (Å²) < 4.78 is 5.16. The van der Waals surface area contributed by atoms with Gasteiger partial charge in [0.25, 0.3) is 0 Å². The third-order valence-corrected chi connectivity index (χ3v) is 3.57. The number of carbonyl (C=O) groups is 2. The van der Waals surface area contributed by atoms with Crippen LogP contribution in [0.25, 0.3) is 0 Å². The molecular weight excluding hydrogens is 302 g/mol. The molecule has 0 fully saturated rings. The number of benzene rings is 1. The fourth-order valence-corrected chi connectivity index (χ4v) is 2.30. The van der Waals surface area contributed by atoms with E-state index in [4.69, 9.17) is 21.4 Å². The Labute approximate surface area is 126 Å². The van der Waals surface area contributed by atoms with Gasteiger partial charge in [0.15, 0.2) is 0 Å². The summed E-state index contributed by atoms with van der Waals surface area (Å²) in [6, 6.07) is 5.11. The predicted octanol–water partition coefficient (Wildman–Crippen LogP) is 1.83. The highest BCUT2D eigenvalue weighted by Gasteiger charge is 2.09. The summed E-state index contributed by atoms with van der Waals surface area (Å²) in [4.78, 5) is 22.1. The number of thioether (sulfide) groups is 1. The fourth-order valence-electron chi connectivity index (χ4n) is 1.54. The highest BCUT2D eigenvalue weighted by Crippen LogP contribution is 2.22. The van der Waals surface area contributed by atoms with Gasteiger partial charge in [-0.3, -0.25) is 9.59 Å². The molecule has 110 valence electrons. The van der Waals surface area contributed by atoms with Gasteiger partial charge in [-0.1, -0.05) is 11.6 Å². The van der Waals surface area contributed by atoms with E-state index in [0.29, 0.717) is 23.1 Å². The number of carbonyl (C=O) groups excluding carboxylic acids is 1. The molecule has 1 rings (SSSR count). The van der Waals surface area contributed by atoms with Crippen LogP contribution in [0.15, 0.2) is 18.2 Å². The first-order chi connectivity index (χ1) is 9.52. The zero-order chi connectivity index (χ0) is 15.0. The van der Waals surface area contributed by atoms with Crippen LogP contribution in [0, 0.1) is 0 Å². The smallest absolute Gasteiger partial charge is 0.313 e. The number of carboxylic acids is 1. The molecule has 7 heteroatoms. The van der Waals surface area contributed by atoms with Gasteiger partial charge >= 0.3 is 5.97 Å². The number of hydrogen-bond acceptors (Lipinski definition) is 4. The number of hydrogen-bond donors (Lipinski definition) is 2. The first-order valence-corrected chi connectivity index (χ1v) is 7.45. The number of carboxylic acid groups (broad SMARTS) is 1. The van der Waals surface area contributed by atoms with Crippen molar-refractivity contribution in [2.24, 2.45) is 0 Å². The number of rotatable bonds is 8. The third kappa shape index (κ3) is 6.16. The van der Waals surface area contributed by atoms with Crippen molar-refractivity contribution in [3.05, 3.63) is 28.8 Å². The lowest BCUT2D eigenvalue weighted by molar-refractivity contribution is -0.133. The maximum atomic E-state index is 11.8. The molecule has 5 nitrogen and oxygen atoms in total. The van der Waals surface area contributed by atoms with Gasteiger partial charge in [-0.05, 0) is 18.2 Å². The summed E-state index contributed by atoms with van der Waals surface area (Å²) in [7, 11) is 1.53. The van der Waals surface area contributed by atoms with Crippen molar-refractivity contribution >= 4 is 35.2 Å². The fraction of sp³-hybridized carbons (Fsp3) is 0.385. The average molecular weight is 318 g/mol. The zero-order valence-electron chi connectivity index (χ0n) is 11.0. The van der Waals surface area contributed by atoms with Crippen LogP contribution in [-0.4, -0.2) is 42.1 Å². The van der Waals surface area contributed by atoms with Gasteiger partial charge in [0.1, 0.15) is 5.75 Å². The normalized spacial score (nSPS) is 10.1. The maximum absolute atomic E-state index is 11.8. The highest BCUT2D eigenvalue weighted by molar-refractivity contribution is 7.99. The number of halogens is 1. The number of aliphatic carboxylic acids is 1. The first-order valence-electron chi connectivity index (χ1n) is 5.91. The molecule has 0 atom stereocenters. The molecular formula is C13H16ClNO4S. The molecule has 1 aromatic carbocycles. The van der Waals surface area contributed by atoms with E-state index in [-0.39, 0.29) is 18.1 Å². The van der Waals surface area contributed by atoms with E-state index in [1.54, 1.807) is 18.2 Å². The molecule has 0 aliphatic carbocycles. The van der Waals surface area contributed by atoms with Crippen LogP contribution in [0.2, 0.25) is 5.02 Å². The van der Waals surface area contributed by atoms with Crippen molar-refractivity contribution in [3.63, 3.8) is 0 Å². The molecule has 0 aliphatic rings. The molecule has 0 heterocycles. The largest absolute Gasteiger partial charge is 0.496 e. The standard InChI is InChI=1S/C13H16ClNO4S/c1-19-11-3-2-10(14)6-9(11)7-12(16)15-4-5-20-8-13(17)18/h2-3,6H,4-5,7-8H2,1H3,(H,15,16)(H,17,18). The summed E-state index contributed by atoms with van der Waals surface area (Å²) in [5.74, 6) is 0.208. The van der Waals surface area contributed by atoms with Crippen molar-refractivity contribution in [1.82, 2.24) is 5.32 Å². The van der Waals surface area contributed by atoms with Gasteiger partial charge in [-0.2, -0.15) is 0 Å². The van der Waals surface area contributed by atoms with E-state index in [0.717, 1.165) is 5.56 Å². The second-order valence-electron chi connectivity index (χ2n) is 3.93. The van der Waals surface area contributed by atoms with E-state index in [1.165, 1.54) is 18.9 Å². The van der Waals surface area contributed by atoms with E-state index in [2.05, 4.69) is 5.32 Å². The molecule has 1 amide bonds. The molecule has 1 aromatic rings. The van der Waals surface area contributed by atoms with E-state index in [9.17, 15) is 9.59 Å². The summed E-state index contributed by atoms with van der Waals surface area (Å²) in [6.45, 7) is 0.430. The minimum atomic E-state index is -0.856. The van der Waals surface area contributed by atoms with Gasteiger partial charge < -0.3 is 15.2 Å². The molecule has 0 spiro atoms. The minimum Gasteiger partial charge on any atom is -0.496 e. The van der Waals surface area contributed by atoms with Crippen LogP contribution in [0.3, 0.4) is 0 Å². The Morgan fingerprint density at radius 3 is 2.85 bits per heavy atom. The predicted molar refractivity (Wildman–Crippen MR) is 79.7 cm³/mol. The van der Waals surface area contributed by atoms with Crippen molar-refractivity contribution in [2.45, 2.75) is 6.42 Å². The molecule has 0 saturated carbocycles. The van der Waals surface area contributed by atoms with Gasteiger partial charge in [0.05, 0.1) is 19.3 Å². The lowest BCUT2D eigenvalue weighted by Crippen LogP contribution is -2.27. The van der Waals surface area contributed by atoms with Gasteiger partial charge in [-0.15, -0.1) is 11.8 Å². The Bertz CT molecular complexity index is 481. The van der Waals surface area contributed by atoms with Crippen molar-refractivity contribution in [1.29, 1.82) is 0 Å². The number of amides is 1. The molecule has 2 N–H and O–H groups in total. The van der Waals surface area contributed by atoms with Crippen molar-refractivity contribution < 1.29 is 19.4 Å². The summed E-state index contributed by atoms with van der Waals surface area (Å²) in [5.41, 5.74) is 0.718. The number of ether oxygens (including phenoxy) is 1. The van der Waals surface area contributed by atoms with E-state index < -0.39 is 5.97 Å². The molecule has 0 unspecified atom stereocenters. The number of nitrogens with one attached hydrogen (secondary N) is 1. The second kappa shape index (κ2) is 8.71. The SMILES string of the molecule is COc1ccc(Cl)cc1CC(=O)NCCSCC(=O)O. The Balaban J connectivity index is 2.38. The Hall–Kier alpha value is -1.40. The molecule has 0 aliphatic heterocycles. The molecule has 0 aromatic heterocycles. The topological polar surface area (TPSA) is 75.6 Å². The van der Waals surface area contributed by atoms with E-state index >= 15 is 0 Å². The zero-order valence-corrected chi connectivity index (χ0v) is 12.6. The second-order valence-corrected chi connectivity index (χ2v) is 5.47. The van der Waals surface area contributed by atoms with Gasteiger partial charge in [0, 0.05) is 22.9 Å². The van der Waals surface area contributed by atoms with Crippen LogP contribution in [-0.2, 0) is 16.0 Å². The van der Waals surface area contributed by atoms with Crippen LogP contribution in [0.4, 0.5) is 0 Å². The summed E-state index contributed by atoms with van der Waals surface area (Å²) >= 11 is 7.15. The third-order valence-electron chi connectivity index (χ3n) is 2.39. The Morgan fingerprint density at radius 2 is 2.20 bits per heavy atom. The van der Waals surface area contributed by atoms with Gasteiger partial charge in [-0.25, -0.2) is 0 Å². The first kappa shape index (κ1) is 16.7. The van der Waals surface area contributed by atoms with Crippen molar-refractivity contribution in [2.75, 3.05) is 25.2 Å². The van der Waals surface area contributed by atoms with E-state index in [1.807, 2.05) is 0 Å². The molecule has 0 bridgehead atoms. The molecule has 0 radical (unpaired) electrons. The molecule has 0 saturated heterocycles. The van der Waals surface area contributed by atoms with Crippen LogP contribution in [0.1, 0.15) is 5.56 Å². The van der Waals surface area contributed by atoms with Crippen LogP contribution in [0.5, 0.6) is 5.75 Å². The molecule has 20 heavy (non-hydrogen) atoms. The number of methoxy groups -OCH3 is 1. The van der Waals surface area contributed by atoms with Crippen LogP contribution >= 0.6 is 23.4 Å². The summed E-state index contributed by atoms with van der Waals surface area (Å²) in [5, 5.41) is 11.7. The van der Waals surface area contributed by atoms with Crippen molar-refractivity contribution in [3.8, 4) is 5.75 Å². The lowest BCUT2D eigenvalue weighted by Gasteiger charge is -2.09. The monoisotopic (exact) mass is 317 g/mol. The average Bonchev–Trinajstić information content (AvgIpc) is 2.38. The Kier molecular flexibility index (Phi) is 7.25. The lowest BCUT2D eigenvalue weighted by atomic mass is 10.1. The van der Waals surface area contributed by atoms with Gasteiger partial charge in [0.2, 0.25) is 5.91 Å². The maximum Gasteiger partial charge on any atom is 0.313 e. The quantitative estimate of drug-likeness (QED) is 0.715. The summed E-state index contributed by atoms with van der Waals surface area (Å²) in [6.07, 6.45) is 0.174. The van der Waals surface area contributed by atoms with Crippen LogP contribution < -0.4 is 10.1 Å². The highest BCUT2D eigenvalue weighted by atomic mass is 35.5.